The first-order valence-electron chi connectivity index (χ1n) is 8.96. The summed E-state index contributed by atoms with van der Waals surface area (Å²) in [6, 6.07) is 16.1. The van der Waals surface area contributed by atoms with Crippen molar-refractivity contribution >= 4 is 21.6 Å². The number of carbonyl (C=O) groups is 1. The predicted octanol–water partition coefficient (Wildman–Crippen LogP) is 3.29. The minimum absolute atomic E-state index is 0.0606. The molecular formula is C21H17FN2O5S. The topological polar surface area (TPSA) is 93.7 Å². The van der Waals surface area contributed by atoms with Crippen molar-refractivity contribution < 1.29 is 27.1 Å². The largest absolute Gasteiger partial charge is 0.454 e. The highest BCUT2D eigenvalue weighted by atomic mass is 32.2. The number of sulfonamides is 1. The van der Waals surface area contributed by atoms with Crippen LogP contribution in [0.4, 0.5) is 10.1 Å². The molecule has 0 spiro atoms. The third-order valence-electron chi connectivity index (χ3n) is 4.40. The van der Waals surface area contributed by atoms with Gasteiger partial charge >= 0.3 is 0 Å². The fraction of sp³-hybridized carbons (Fsp3) is 0.0952. The molecule has 0 radical (unpaired) electrons. The summed E-state index contributed by atoms with van der Waals surface area (Å²) in [5.74, 6) is 0.180. The summed E-state index contributed by atoms with van der Waals surface area (Å²) in [6.45, 7) is 0.270. The normalized spacial score (nSPS) is 12.4. The fourth-order valence-electron chi connectivity index (χ4n) is 2.87. The van der Waals surface area contributed by atoms with Gasteiger partial charge in [-0.15, -0.1) is 0 Å². The molecule has 0 saturated heterocycles. The molecule has 1 heterocycles. The minimum atomic E-state index is -3.93. The van der Waals surface area contributed by atoms with Gasteiger partial charge in [0, 0.05) is 18.2 Å². The monoisotopic (exact) mass is 428 g/mol. The van der Waals surface area contributed by atoms with Gasteiger partial charge in [0.1, 0.15) is 5.82 Å². The van der Waals surface area contributed by atoms with E-state index in [1.165, 1.54) is 42.5 Å². The van der Waals surface area contributed by atoms with E-state index in [0.717, 1.165) is 5.56 Å². The number of halogens is 1. The maximum absolute atomic E-state index is 13.0. The Balaban J connectivity index is 1.47. The molecule has 0 bridgehead atoms. The second-order valence-electron chi connectivity index (χ2n) is 6.51. The summed E-state index contributed by atoms with van der Waals surface area (Å²) in [5.41, 5.74) is 1.22. The average molecular weight is 428 g/mol. The summed E-state index contributed by atoms with van der Waals surface area (Å²) in [7, 11) is -3.93. The molecule has 4 rings (SSSR count). The Kier molecular flexibility index (Phi) is 5.28. The second kappa shape index (κ2) is 8.03. The Hall–Kier alpha value is -3.59. The maximum Gasteiger partial charge on any atom is 0.261 e. The Morgan fingerprint density at radius 3 is 2.53 bits per heavy atom. The van der Waals surface area contributed by atoms with Crippen molar-refractivity contribution in [3.05, 3.63) is 83.7 Å². The summed E-state index contributed by atoms with van der Waals surface area (Å²) in [6.07, 6.45) is 0. The Labute approximate surface area is 172 Å². The number of amides is 1. The maximum atomic E-state index is 13.0. The van der Waals surface area contributed by atoms with Crippen molar-refractivity contribution in [2.24, 2.45) is 0 Å². The Bertz CT molecular complexity index is 1200. The van der Waals surface area contributed by atoms with Gasteiger partial charge in [-0.25, -0.2) is 12.8 Å². The predicted molar refractivity (Wildman–Crippen MR) is 107 cm³/mol. The lowest BCUT2D eigenvalue weighted by Crippen LogP contribution is -2.23. The highest BCUT2D eigenvalue weighted by Gasteiger charge is 2.19. The molecule has 0 fully saturated rings. The molecule has 7 nitrogen and oxygen atoms in total. The van der Waals surface area contributed by atoms with Crippen LogP contribution in [0.5, 0.6) is 11.5 Å². The van der Waals surface area contributed by atoms with Crippen LogP contribution < -0.4 is 19.5 Å². The van der Waals surface area contributed by atoms with Gasteiger partial charge in [0.05, 0.1) is 10.6 Å². The number of hydrogen-bond acceptors (Lipinski definition) is 5. The summed E-state index contributed by atoms with van der Waals surface area (Å²) in [5, 5.41) is 2.68. The van der Waals surface area contributed by atoms with Crippen molar-refractivity contribution in [3.8, 4) is 11.5 Å². The molecule has 30 heavy (non-hydrogen) atoms. The second-order valence-corrected chi connectivity index (χ2v) is 8.19. The summed E-state index contributed by atoms with van der Waals surface area (Å²) >= 11 is 0. The standard InChI is InChI=1S/C21H17FN2O5S/c22-16-6-4-14(5-7-16)12-23-21(25)15-2-1-3-18(10-15)30(26,27)24-17-8-9-19-20(11-17)29-13-28-19/h1-11,24H,12-13H2,(H,23,25). The van der Waals surface area contributed by atoms with E-state index in [4.69, 9.17) is 9.47 Å². The van der Waals surface area contributed by atoms with Crippen LogP contribution in [-0.4, -0.2) is 21.1 Å². The van der Waals surface area contributed by atoms with Gasteiger partial charge in [-0.2, -0.15) is 0 Å². The third kappa shape index (κ3) is 4.36. The molecule has 0 atom stereocenters. The van der Waals surface area contributed by atoms with E-state index in [9.17, 15) is 17.6 Å². The number of rotatable bonds is 6. The molecule has 0 unspecified atom stereocenters. The number of ether oxygens (including phenoxy) is 2. The lowest BCUT2D eigenvalue weighted by Gasteiger charge is -2.10. The SMILES string of the molecule is O=C(NCc1ccc(F)cc1)c1cccc(S(=O)(=O)Nc2ccc3c(c2)OCO3)c1. The van der Waals surface area contributed by atoms with Crippen LogP contribution >= 0.6 is 0 Å². The van der Waals surface area contributed by atoms with Crippen LogP contribution in [0.25, 0.3) is 0 Å². The van der Waals surface area contributed by atoms with Gasteiger partial charge in [0.15, 0.2) is 11.5 Å². The van der Waals surface area contributed by atoms with E-state index >= 15 is 0 Å². The molecule has 154 valence electrons. The third-order valence-corrected chi connectivity index (χ3v) is 5.78. The van der Waals surface area contributed by atoms with Gasteiger partial charge in [-0.05, 0) is 48.0 Å². The van der Waals surface area contributed by atoms with Gasteiger partial charge in [-0.1, -0.05) is 18.2 Å². The van der Waals surface area contributed by atoms with Crippen LogP contribution in [0.1, 0.15) is 15.9 Å². The first-order valence-corrected chi connectivity index (χ1v) is 10.4. The minimum Gasteiger partial charge on any atom is -0.454 e. The fourth-order valence-corrected chi connectivity index (χ4v) is 3.96. The quantitative estimate of drug-likeness (QED) is 0.629. The van der Waals surface area contributed by atoms with Gasteiger partial charge in [0.25, 0.3) is 15.9 Å². The van der Waals surface area contributed by atoms with Crippen LogP contribution in [0, 0.1) is 5.82 Å². The lowest BCUT2D eigenvalue weighted by atomic mass is 10.2. The first-order chi connectivity index (χ1) is 14.4. The summed E-state index contributed by atoms with van der Waals surface area (Å²) < 4.78 is 51.4. The molecule has 0 aromatic heterocycles. The van der Waals surface area contributed by atoms with E-state index in [-0.39, 0.29) is 29.6 Å². The van der Waals surface area contributed by atoms with Crippen molar-refractivity contribution in [2.45, 2.75) is 11.4 Å². The number of nitrogens with one attached hydrogen (secondary N) is 2. The molecule has 1 aliphatic heterocycles. The van der Waals surface area contributed by atoms with Crippen LogP contribution in [0.15, 0.2) is 71.6 Å². The van der Waals surface area contributed by atoms with E-state index in [0.29, 0.717) is 17.2 Å². The first kappa shape index (κ1) is 19.7. The Morgan fingerprint density at radius 1 is 0.967 bits per heavy atom. The highest BCUT2D eigenvalue weighted by molar-refractivity contribution is 7.92. The molecule has 1 aliphatic rings. The van der Waals surface area contributed by atoms with Crippen molar-refractivity contribution in [2.75, 3.05) is 11.5 Å². The zero-order valence-corrected chi connectivity index (χ0v) is 16.4. The molecule has 0 aliphatic carbocycles. The zero-order chi connectivity index (χ0) is 21.1. The van der Waals surface area contributed by atoms with E-state index in [2.05, 4.69) is 10.0 Å². The van der Waals surface area contributed by atoms with E-state index in [1.807, 2.05) is 0 Å². The molecule has 3 aromatic carbocycles. The van der Waals surface area contributed by atoms with Crippen LogP contribution in [0.3, 0.4) is 0 Å². The van der Waals surface area contributed by atoms with Crippen molar-refractivity contribution in [1.29, 1.82) is 0 Å². The molecule has 2 N–H and O–H groups in total. The molecular weight excluding hydrogens is 411 g/mol. The van der Waals surface area contributed by atoms with Crippen molar-refractivity contribution in [3.63, 3.8) is 0 Å². The number of fused-ring (bicyclic) bond motifs is 1. The van der Waals surface area contributed by atoms with E-state index in [1.54, 1.807) is 24.3 Å². The molecule has 9 heteroatoms. The number of hydrogen-bond donors (Lipinski definition) is 2. The smallest absolute Gasteiger partial charge is 0.261 e. The van der Waals surface area contributed by atoms with Gasteiger partial charge in [0.2, 0.25) is 6.79 Å². The molecule has 1 amide bonds. The lowest BCUT2D eigenvalue weighted by molar-refractivity contribution is 0.0950. The number of carbonyl (C=O) groups excluding carboxylic acids is 1. The number of benzene rings is 3. The highest BCUT2D eigenvalue weighted by Crippen LogP contribution is 2.34. The average Bonchev–Trinajstić information content (AvgIpc) is 3.21. The zero-order valence-electron chi connectivity index (χ0n) is 15.6. The molecule has 0 saturated carbocycles. The Morgan fingerprint density at radius 2 is 1.73 bits per heavy atom. The van der Waals surface area contributed by atoms with E-state index < -0.39 is 15.9 Å². The molecule has 3 aromatic rings. The van der Waals surface area contributed by atoms with Crippen LogP contribution in [-0.2, 0) is 16.6 Å². The van der Waals surface area contributed by atoms with Gasteiger partial charge in [-0.3, -0.25) is 9.52 Å². The van der Waals surface area contributed by atoms with Crippen molar-refractivity contribution in [1.82, 2.24) is 5.32 Å². The number of anilines is 1. The van der Waals surface area contributed by atoms with Gasteiger partial charge < -0.3 is 14.8 Å². The summed E-state index contributed by atoms with van der Waals surface area (Å²) in [4.78, 5) is 12.4. The van der Waals surface area contributed by atoms with Crippen LogP contribution in [0.2, 0.25) is 0 Å².